The molecule has 3 aromatic rings. The highest BCUT2D eigenvalue weighted by molar-refractivity contribution is 6.01. The van der Waals surface area contributed by atoms with Crippen molar-refractivity contribution < 1.29 is 19.4 Å². The van der Waals surface area contributed by atoms with Gasteiger partial charge in [0.15, 0.2) is 12.6 Å². The molecule has 156 valence electrons. The monoisotopic (exact) mass is 407 g/mol. The smallest absolute Gasteiger partial charge is 0.189 e. The molecular weight excluding hydrogens is 382 g/mol. The molecule has 0 aliphatic heterocycles. The molecule has 0 unspecified atom stereocenters. The van der Waals surface area contributed by atoms with Gasteiger partial charge >= 0.3 is 0 Å². The molecule has 2 aromatic carbocycles. The molecule has 1 aliphatic rings. The molecule has 7 nitrogen and oxygen atoms in total. The SMILES string of the molecule is CCOCOc1cc(C=O)ccc1-c1nnc(N[C@H]2C[C@@](C)(O)C2)c2ccccc12. The normalized spacial score (nSPS) is 20.6. The quantitative estimate of drug-likeness (QED) is 0.333. The Morgan fingerprint density at radius 1 is 1.20 bits per heavy atom. The van der Waals surface area contributed by atoms with E-state index < -0.39 is 5.60 Å². The lowest BCUT2D eigenvalue weighted by Gasteiger charge is -2.41. The van der Waals surface area contributed by atoms with Crippen molar-refractivity contribution in [2.75, 3.05) is 18.7 Å². The Bertz CT molecular complexity index is 1060. The van der Waals surface area contributed by atoms with Crippen molar-refractivity contribution in [2.24, 2.45) is 0 Å². The molecule has 0 saturated heterocycles. The number of nitrogens with zero attached hydrogens (tertiary/aromatic N) is 2. The average molecular weight is 407 g/mol. The highest BCUT2D eigenvalue weighted by Crippen LogP contribution is 2.38. The number of rotatable bonds is 8. The van der Waals surface area contributed by atoms with Crippen LogP contribution in [-0.2, 0) is 4.74 Å². The van der Waals surface area contributed by atoms with E-state index >= 15 is 0 Å². The van der Waals surface area contributed by atoms with E-state index in [1.807, 2.05) is 44.2 Å². The highest BCUT2D eigenvalue weighted by Gasteiger charge is 2.38. The van der Waals surface area contributed by atoms with E-state index in [0.29, 0.717) is 42.3 Å². The van der Waals surface area contributed by atoms with Crippen LogP contribution in [-0.4, -0.2) is 46.6 Å². The van der Waals surface area contributed by atoms with Gasteiger partial charge in [0, 0.05) is 34.5 Å². The summed E-state index contributed by atoms with van der Waals surface area (Å²) in [6.45, 7) is 4.33. The van der Waals surface area contributed by atoms with Crippen LogP contribution in [0, 0.1) is 0 Å². The Balaban J connectivity index is 1.73. The van der Waals surface area contributed by atoms with Crippen molar-refractivity contribution in [1.29, 1.82) is 0 Å². The first kappa shape index (κ1) is 20.3. The molecule has 0 spiro atoms. The van der Waals surface area contributed by atoms with Crippen molar-refractivity contribution in [3.05, 3.63) is 48.0 Å². The van der Waals surface area contributed by atoms with Crippen molar-refractivity contribution in [3.63, 3.8) is 0 Å². The van der Waals surface area contributed by atoms with E-state index in [-0.39, 0.29) is 12.8 Å². The summed E-state index contributed by atoms with van der Waals surface area (Å²) in [4.78, 5) is 11.2. The number of hydrogen-bond donors (Lipinski definition) is 2. The predicted molar refractivity (Wildman–Crippen MR) is 115 cm³/mol. The number of benzene rings is 2. The summed E-state index contributed by atoms with van der Waals surface area (Å²) >= 11 is 0. The molecule has 7 heteroatoms. The van der Waals surface area contributed by atoms with Crippen LogP contribution in [0.4, 0.5) is 5.82 Å². The zero-order chi connectivity index (χ0) is 21.1. The first-order chi connectivity index (χ1) is 14.5. The van der Waals surface area contributed by atoms with E-state index in [1.165, 1.54) is 0 Å². The molecule has 0 amide bonds. The summed E-state index contributed by atoms with van der Waals surface area (Å²) < 4.78 is 11.1. The van der Waals surface area contributed by atoms with Crippen LogP contribution >= 0.6 is 0 Å². The van der Waals surface area contributed by atoms with E-state index in [2.05, 4.69) is 15.5 Å². The molecule has 30 heavy (non-hydrogen) atoms. The van der Waals surface area contributed by atoms with Gasteiger partial charge in [-0.2, -0.15) is 0 Å². The Labute approximate surface area is 175 Å². The minimum atomic E-state index is -0.617. The van der Waals surface area contributed by atoms with Gasteiger partial charge in [0.2, 0.25) is 0 Å². The number of anilines is 1. The molecule has 1 aromatic heterocycles. The second-order valence-electron chi connectivity index (χ2n) is 7.82. The number of aldehydes is 1. The lowest BCUT2D eigenvalue weighted by molar-refractivity contribution is -0.0235. The Kier molecular flexibility index (Phi) is 5.65. The summed E-state index contributed by atoms with van der Waals surface area (Å²) in [5, 5.41) is 24.2. The maximum Gasteiger partial charge on any atom is 0.189 e. The van der Waals surface area contributed by atoms with E-state index in [9.17, 15) is 9.90 Å². The molecule has 0 atom stereocenters. The van der Waals surface area contributed by atoms with Crippen LogP contribution in [0.2, 0.25) is 0 Å². The third kappa shape index (κ3) is 4.13. The summed E-state index contributed by atoms with van der Waals surface area (Å²) in [5.74, 6) is 1.21. The van der Waals surface area contributed by atoms with E-state index in [1.54, 1.807) is 12.1 Å². The lowest BCUT2D eigenvalue weighted by atomic mass is 9.77. The number of fused-ring (bicyclic) bond motifs is 1. The number of aromatic nitrogens is 2. The molecule has 1 fully saturated rings. The fourth-order valence-corrected chi connectivity index (χ4v) is 3.82. The molecular formula is C23H25N3O4. The Morgan fingerprint density at radius 2 is 1.97 bits per heavy atom. The number of nitrogens with one attached hydrogen (secondary N) is 1. The minimum absolute atomic E-state index is 0.0818. The molecule has 0 radical (unpaired) electrons. The topological polar surface area (TPSA) is 93.6 Å². The van der Waals surface area contributed by atoms with Crippen LogP contribution in [0.25, 0.3) is 22.0 Å². The summed E-state index contributed by atoms with van der Waals surface area (Å²) in [7, 11) is 0. The number of carbonyl (C=O) groups excluding carboxylic acids is 1. The summed E-state index contributed by atoms with van der Waals surface area (Å²) in [5.41, 5.74) is 1.30. The van der Waals surface area contributed by atoms with Crippen LogP contribution in [0.5, 0.6) is 5.75 Å². The maximum absolute atomic E-state index is 11.2. The van der Waals surface area contributed by atoms with Gasteiger partial charge < -0.3 is 19.9 Å². The van der Waals surface area contributed by atoms with Crippen LogP contribution < -0.4 is 10.1 Å². The van der Waals surface area contributed by atoms with Gasteiger partial charge in [-0.15, -0.1) is 10.2 Å². The largest absolute Gasteiger partial charge is 0.467 e. The fourth-order valence-electron chi connectivity index (χ4n) is 3.82. The van der Waals surface area contributed by atoms with E-state index in [4.69, 9.17) is 9.47 Å². The second kappa shape index (κ2) is 8.38. The Morgan fingerprint density at radius 3 is 2.67 bits per heavy atom. The van der Waals surface area contributed by atoms with Crippen LogP contribution in [0.15, 0.2) is 42.5 Å². The van der Waals surface area contributed by atoms with E-state index in [0.717, 1.165) is 22.6 Å². The van der Waals surface area contributed by atoms with Crippen molar-refractivity contribution >= 4 is 22.9 Å². The van der Waals surface area contributed by atoms with Gasteiger partial charge in [-0.3, -0.25) is 4.79 Å². The second-order valence-corrected chi connectivity index (χ2v) is 7.82. The standard InChI is InChI=1S/C23H25N3O4/c1-3-29-14-30-20-10-15(13-27)8-9-19(20)21-17-6-4-5-7-18(17)22(26-25-21)24-16-11-23(2,28)12-16/h4-10,13,16,28H,3,11-12,14H2,1-2H3,(H,24,26)/t16-,23+. The van der Waals surface area contributed by atoms with Crippen molar-refractivity contribution in [3.8, 4) is 17.0 Å². The van der Waals surface area contributed by atoms with Gasteiger partial charge in [0.25, 0.3) is 0 Å². The molecule has 1 aliphatic carbocycles. The summed E-state index contributed by atoms with van der Waals surface area (Å²) in [6, 6.07) is 13.3. The molecule has 2 N–H and O–H groups in total. The molecule has 1 saturated carbocycles. The minimum Gasteiger partial charge on any atom is -0.467 e. The van der Waals surface area contributed by atoms with Gasteiger partial charge in [0.05, 0.1) is 5.60 Å². The number of carbonyl (C=O) groups is 1. The van der Waals surface area contributed by atoms with Gasteiger partial charge in [-0.25, -0.2) is 0 Å². The fraction of sp³-hybridized carbons (Fsp3) is 0.348. The first-order valence-corrected chi connectivity index (χ1v) is 10.1. The Hall–Kier alpha value is -3.03. The number of hydrogen-bond acceptors (Lipinski definition) is 7. The van der Waals surface area contributed by atoms with Crippen LogP contribution in [0.1, 0.15) is 37.0 Å². The zero-order valence-electron chi connectivity index (χ0n) is 17.1. The number of aliphatic hydroxyl groups is 1. The first-order valence-electron chi connectivity index (χ1n) is 10.1. The van der Waals surface area contributed by atoms with Gasteiger partial charge in [-0.05, 0) is 38.8 Å². The molecule has 0 bridgehead atoms. The third-order valence-electron chi connectivity index (χ3n) is 5.30. The molecule has 4 rings (SSSR count). The maximum atomic E-state index is 11.2. The van der Waals surface area contributed by atoms with Crippen molar-refractivity contribution in [1.82, 2.24) is 10.2 Å². The van der Waals surface area contributed by atoms with Gasteiger partial charge in [-0.1, -0.05) is 30.3 Å². The zero-order valence-corrected chi connectivity index (χ0v) is 17.1. The lowest BCUT2D eigenvalue weighted by Crippen LogP contribution is -2.48. The number of ether oxygens (including phenoxy) is 2. The third-order valence-corrected chi connectivity index (χ3v) is 5.30. The van der Waals surface area contributed by atoms with Crippen molar-refractivity contribution in [2.45, 2.75) is 38.3 Å². The van der Waals surface area contributed by atoms with Crippen LogP contribution in [0.3, 0.4) is 0 Å². The average Bonchev–Trinajstić information content (AvgIpc) is 2.73. The van der Waals surface area contributed by atoms with Gasteiger partial charge in [0.1, 0.15) is 17.7 Å². The summed E-state index contributed by atoms with van der Waals surface area (Å²) in [6.07, 6.45) is 2.13. The molecule has 1 heterocycles. The predicted octanol–water partition coefficient (Wildman–Crippen LogP) is 3.81. The highest BCUT2D eigenvalue weighted by atomic mass is 16.7.